The van der Waals surface area contributed by atoms with E-state index in [-0.39, 0.29) is 11.5 Å². The molecule has 0 bridgehead atoms. The molecular weight excluding hydrogens is 302 g/mol. The van der Waals surface area contributed by atoms with E-state index < -0.39 is 6.04 Å². The zero-order chi connectivity index (χ0) is 15.7. The van der Waals surface area contributed by atoms with Crippen molar-refractivity contribution in [1.29, 1.82) is 0 Å². The Labute approximate surface area is 132 Å². The highest BCUT2D eigenvalue weighted by molar-refractivity contribution is 6.30. The van der Waals surface area contributed by atoms with Gasteiger partial charge in [0.05, 0.1) is 5.69 Å². The van der Waals surface area contributed by atoms with E-state index in [0.717, 1.165) is 30.5 Å². The van der Waals surface area contributed by atoms with Crippen LogP contribution in [0.3, 0.4) is 0 Å². The van der Waals surface area contributed by atoms with E-state index in [1.165, 1.54) is 4.68 Å². The van der Waals surface area contributed by atoms with Gasteiger partial charge in [-0.3, -0.25) is 9.59 Å². The summed E-state index contributed by atoms with van der Waals surface area (Å²) in [6.45, 7) is 1.66. The molecule has 1 unspecified atom stereocenters. The monoisotopic (exact) mass is 317 g/mol. The quantitative estimate of drug-likeness (QED) is 0.946. The maximum Gasteiger partial charge on any atom is 0.267 e. The molecule has 1 amide bonds. The predicted molar refractivity (Wildman–Crippen MR) is 85.3 cm³/mol. The third kappa shape index (κ3) is 2.90. The van der Waals surface area contributed by atoms with Gasteiger partial charge in [0, 0.05) is 16.8 Å². The van der Waals surface area contributed by atoms with Crippen LogP contribution >= 0.6 is 11.6 Å². The largest absolute Gasteiger partial charge is 0.324 e. The highest BCUT2D eigenvalue weighted by Crippen LogP contribution is 2.19. The van der Waals surface area contributed by atoms with Crippen molar-refractivity contribution in [1.82, 2.24) is 9.78 Å². The molecule has 1 N–H and O–H groups in total. The fraction of sp³-hybridized carbons (Fsp3) is 0.312. The van der Waals surface area contributed by atoms with Gasteiger partial charge in [-0.1, -0.05) is 17.7 Å². The van der Waals surface area contributed by atoms with Crippen molar-refractivity contribution in [2.24, 2.45) is 0 Å². The highest BCUT2D eigenvalue weighted by Gasteiger charge is 2.21. The van der Waals surface area contributed by atoms with Crippen LogP contribution in [0, 0.1) is 0 Å². The predicted octanol–water partition coefficient (Wildman–Crippen LogP) is 2.59. The van der Waals surface area contributed by atoms with Crippen molar-refractivity contribution >= 4 is 23.2 Å². The molecule has 1 aromatic heterocycles. The third-order valence-electron chi connectivity index (χ3n) is 3.82. The number of carbonyl (C=O) groups is 1. The van der Waals surface area contributed by atoms with Crippen molar-refractivity contribution in [2.45, 2.75) is 32.2 Å². The van der Waals surface area contributed by atoms with Crippen LogP contribution in [0.25, 0.3) is 0 Å². The Kier molecular flexibility index (Phi) is 3.98. The minimum atomic E-state index is -0.683. The summed E-state index contributed by atoms with van der Waals surface area (Å²) < 4.78 is 1.25. The number of halogens is 1. The molecule has 3 rings (SSSR count). The van der Waals surface area contributed by atoms with Crippen molar-refractivity contribution in [2.75, 3.05) is 5.32 Å². The summed E-state index contributed by atoms with van der Waals surface area (Å²) in [5.41, 5.74) is 2.28. The number of hydrogen-bond donors (Lipinski definition) is 1. The van der Waals surface area contributed by atoms with Crippen LogP contribution < -0.4 is 10.9 Å². The average molecular weight is 318 g/mol. The lowest BCUT2D eigenvalue weighted by molar-refractivity contribution is -0.119. The van der Waals surface area contributed by atoms with Crippen LogP contribution in [0.2, 0.25) is 5.02 Å². The first-order chi connectivity index (χ1) is 10.5. The molecule has 1 aromatic carbocycles. The fourth-order valence-electron chi connectivity index (χ4n) is 2.62. The number of aryl methyl sites for hydroxylation is 2. The summed E-state index contributed by atoms with van der Waals surface area (Å²) in [6, 6.07) is 7.80. The zero-order valence-corrected chi connectivity index (χ0v) is 12.9. The molecule has 0 saturated heterocycles. The second-order valence-corrected chi connectivity index (χ2v) is 5.86. The average Bonchev–Trinajstić information content (AvgIpc) is 2.92. The summed E-state index contributed by atoms with van der Waals surface area (Å²) in [6.07, 6.45) is 2.76. The molecule has 1 heterocycles. The Morgan fingerprint density at radius 2 is 2.18 bits per heavy atom. The van der Waals surface area contributed by atoms with Gasteiger partial charge in [0.2, 0.25) is 5.91 Å². The molecule has 114 valence electrons. The normalized spacial score (nSPS) is 14.5. The number of rotatable bonds is 3. The summed E-state index contributed by atoms with van der Waals surface area (Å²) in [7, 11) is 0. The van der Waals surface area contributed by atoms with Crippen LogP contribution in [-0.2, 0) is 17.6 Å². The summed E-state index contributed by atoms with van der Waals surface area (Å²) >= 11 is 5.90. The maximum absolute atomic E-state index is 12.3. The van der Waals surface area contributed by atoms with E-state index in [2.05, 4.69) is 10.4 Å². The number of nitrogens with one attached hydrogen (secondary N) is 1. The first-order valence-corrected chi connectivity index (χ1v) is 7.60. The van der Waals surface area contributed by atoms with Crippen LogP contribution in [0.5, 0.6) is 0 Å². The van der Waals surface area contributed by atoms with Gasteiger partial charge in [0.1, 0.15) is 6.04 Å². The van der Waals surface area contributed by atoms with Crippen molar-refractivity contribution in [3.8, 4) is 0 Å². The second-order valence-electron chi connectivity index (χ2n) is 5.43. The number of hydrogen-bond acceptors (Lipinski definition) is 3. The summed E-state index contributed by atoms with van der Waals surface area (Å²) in [5.74, 6) is -0.296. The lowest BCUT2D eigenvalue weighted by Crippen LogP contribution is -2.33. The van der Waals surface area contributed by atoms with Gasteiger partial charge in [0.25, 0.3) is 5.56 Å². The number of amides is 1. The first-order valence-electron chi connectivity index (χ1n) is 7.22. The van der Waals surface area contributed by atoms with E-state index in [1.54, 1.807) is 37.3 Å². The standard InChI is InChI=1S/C16H16ClN3O2/c1-10(16(22)18-13-6-3-5-12(17)9-13)20-15(21)8-11-4-2-7-14(11)19-20/h3,5-6,8-10H,2,4,7H2,1H3,(H,18,22). The highest BCUT2D eigenvalue weighted by atomic mass is 35.5. The molecule has 1 aliphatic rings. The number of anilines is 1. The Bertz CT molecular complexity index is 785. The molecule has 0 spiro atoms. The number of nitrogens with zero attached hydrogens (tertiary/aromatic N) is 2. The smallest absolute Gasteiger partial charge is 0.267 e. The Morgan fingerprint density at radius 1 is 1.36 bits per heavy atom. The van der Waals surface area contributed by atoms with E-state index >= 15 is 0 Å². The summed E-state index contributed by atoms with van der Waals surface area (Å²) in [4.78, 5) is 24.5. The number of aromatic nitrogens is 2. The van der Waals surface area contributed by atoms with Gasteiger partial charge in [-0.05, 0) is 49.9 Å². The van der Waals surface area contributed by atoms with Gasteiger partial charge >= 0.3 is 0 Å². The van der Waals surface area contributed by atoms with Gasteiger partial charge in [-0.2, -0.15) is 5.10 Å². The molecule has 0 aliphatic heterocycles. The van der Waals surface area contributed by atoms with E-state index in [0.29, 0.717) is 10.7 Å². The number of fused-ring (bicyclic) bond motifs is 1. The third-order valence-corrected chi connectivity index (χ3v) is 4.06. The molecule has 5 nitrogen and oxygen atoms in total. The topological polar surface area (TPSA) is 64.0 Å². The number of carbonyl (C=O) groups excluding carboxylic acids is 1. The SMILES string of the molecule is CC(C(=O)Nc1cccc(Cl)c1)n1nc2c(cc1=O)CCC2. The van der Waals surface area contributed by atoms with Crippen LogP contribution in [0.1, 0.15) is 30.6 Å². The molecule has 1 aliphatic carbocycles. The lowest BCUT2D eigenvalue weighted by atomic mass is 10.2. The van der Waals surface area contributed by atoms with Crippen molar-refractivity contribution < 1.29 is 4.79 Å². The van der Waals surface area contributed by atoms with Crippen molar-refractivity contribution in [3.63, 3.8) is 0 Å². The molecule has 0 saturated carbocycles. The molecule has 6 heteroatoms. The first kappa shape index (κ1) is 14.8. The minimum Gasteiger partial charge on any atom is -0.324 e. The van der Waals surface area contributed by atoms with Crippen LogP contribution in [0.4, 0.5) is 5.69 Å². The molecular formula is C16H16ClN3O2. The fourth-order valence-corrected chi connectivity index (χ4v) is 2.81. The minimum absolute atomic E-state index is 0.241. The lowest BCUT2D eigenvalue weighted by Gasteiger charge is -2.15. The number of benzene rings is 1. The zero-order valence-electron chi connectivity index (χ0n) is 12.2. The molecule has 1 atom stereocenters. The second kappa shape index (κ2) is 5.93. The van der Waals surface area contributed by atoms with Gasteiger partial charge < -0.3 is 5.32 Å². The van der Waals surface area contributed by atoms with Gasteiger partial charge in [-0.25, -0.2) is 4.68 Å². The van der Waals surface area contributed by atoms with Gasteiger partial charge in [-0.15, -0.1) is 0 Å². The molecule has 0 radical (unpaired) electrons. The Morgan fingerprint density at radius 3 is 2.95 bits per heavy atom. The molecule has 0 fully saturated rings. The summed E-state index contributed by atoms with van der Waals surface area (Å²) in [5, 5.41) is 7.64. The Balaban J connectivity index is 1.83. The van der Waals surface area contributed by atoms with E-state index in [1.807, 2.05) is 0 Å². The molecule has 2 aromatic rings. The van der Waals surface area contributed by atoms with E-state index in [4.69, 9.17) is 11.6 Å². The van der Waals surface area contributed by atoms with Gasteiger partial charge in [0.15, 0.2) is 0 Å². The van der Waals surface area contributed by atoms with Crippen LogP contribution in [-0.4, -0.2) is 15.7 Å². The maximum atomic E-state index is 12.3. The van der Waals surface area contributed by atoms with Crippen LogP contribution in [0.15, 0.2) is 35.1 Å². The molecule has 22 heavy (non-hydrogen) atoms. The van der Waals surface area contributed by atoms with Crippen molar-refractivity contribution in [3.05, 3.63) is 57.0 Å². The Hall–Kier alpha value is -2.14. The van der Waals surface area contributed by atoms with E-state index in [9.17, 15) is 9.59 Å².